The normalized spacial score (nSPS) is 12.2. The molecule has 230 valence electrons. The van der Waals surface area contributed by atoms with Crippen LogP contribution in [0.15, 0.2) is 42.9 Å². The van der Waals surface area contributed by atoms with Crippen molar-refractivity contribution in [2.24, 2.45) is 0 Å². The van der Waals surface area contributed by atoms with E-state index < -0.39 is 23.6 Å². The van der Waals surface area contributed by atoms with Crippen molar-refractivity contribution in [1.82, 2.24) is 24.9 Å². The van der Waals surface area contributed by atoms with E-state index in [0.717, 1.165) is 11.1 Å². The SMILES string of the molecule is COc1cnc2c(-c3nc4cc(F)c(OC[C@@H](C)OC(=O)Nc5cnc(OCCC(C)(C)O)nc5)cc4s3)cc(C)cc2n1. The molecule has 5 aromatic rings. The first-order valence-electron chi connectivity index (χ1n) is 13.7. The van der Waals surface area contributed by atoms with E-state index in [1.54, 1.807) is 33.0 Å². The number of aryl methyl sites for hydroxylation is 1. The first-order valence-corrected chi connectivity index (χ1v) is 14.5. The zero-order valence-corrected chi connectivity index (χ0v) is 25.6. The molecule has 0 aliphatic carbocycles. The minimum atomic E-state index is -0.863. The molecule has 0 bridgehead atoms. The molecule has 12 nitrogen and oxygen atoms in total. The average Bonchev–Trinajstić information content (AvgIpc) is 3.37. The van der Waals surface area contributed by atoms with E-state index >= 15 is 0 Å². The van der Waals surface area contributed by atoms with Gasteiger partial charge in [0.15, 0.2) is 11.6 Å². The molecule has 0 saturated heterocycles. The van der Waals surface area contributed by atoms with Crippen LogP contribution in [0.5, 0.6) is 17.6 Å². The summed E-state index contributed by atoms with van der Waals surface area (Å²) in [4.78, 5) is 34.0. The van der Waals surface area contributed by atoms with Crippen molar-refractivity contribution in [3.63, 3.8) is 0 Å². The molecule has 0 spiro atoms. The third-order valence-electron chi connectivity index (χ3n) is 6.25. The number of carbonyl (C=O) groups excluding carboxylic acids is 1. The number of rotatable bonds is 11. The summed E-state index contributed by atoms with van der Waals surface area (Å²) in [7, 11) is 1.53. The van der Waals surface area contributed by atoms with E-state index in [-0.39, 0.29) is 25.0 Å². The molecule has 0 radical (unpaired) electrons. The monoisotopic (exact) mass is 622 g/mol. The predicted octanol–water partition coefficient (Wildman–Crippen LogP) is 5.71. The van der Waals surface area contributed by atoms with Crippen LogP contribution in [0.4, 0.5) is 14.9 Å². The van der Waals surface area contributed by atoms with Crippen LogP contribution in [0.3, 0.4) is 0 Å². The molecule has 3 heterocycles. The van der Waals surface area contributed by atoms with Crippen molar-refractivity contribution in [2.75, 3.05) is 25.6 Å². The van der Waals surface area contributed by atoms with Gasteiger partial charge in [0, 0.05) is 24.1 Å². The Hall–Kier alpha value is -4.69. The van der Waals surface area contributed by atoms with Crippen molar-refractivity contribution in [3.05, 3.63) is 54.2 Å². The van der Waals surface area contributed by atoms with E-state index in [9.17, 15) is 14.3 Å². The Labute approximate surface area is 256 Å². The molecular formula is C30H31FN6O6S. The summed E-state index contributed by atoms with van der Waals surface area (Å²) in [5, 5.41) is 12.9. The van der Waals surface area contributed by atoms with E-state index in [1.807, 2.05) is 19.1 Å². The molecule has 2 N–H and O–H groups in total. The average molecular weight is 623 g/mol. The Bertz CT molecular complexity index is 1790. The van der Waals surface area contributed by atoms with E-state index in [0.29, 0.717) is 44.2 Å². The number of thiazole rings is 1. The van der Waals surface area contributed by atoms with Gasteiger partial charge >= 0.3 is 12.1 Å². The molecular weight excluding hydrogens is 591 g/mol. The van der Waals surface area contributed by atoms with Gasteiger partial charge in [0.25, 0.3) is 0 Å². The molecule has 5 rings (SSSR count). The van der Waals surface area contributed by atoms with Gasteiger partial charge in [0.1, 0.15) is 17.7 Å². The Kier molecular flexibility index (Phi) is 9.01. The smallest absolute Gasteiger partial charge is 0.412 e. The molecule has 1 atom stereocenters. The highest BCUT2D eigenvalue weighted by Gasteiger charge is 2.18. The number of methoxy groups -OCH3 is 1. The number of hydrogen-bond donors (Lipinski definition) is 2. The highest BCUT2D eigenvalue weighted by atomic mass is 32.1. The number of hydrogen-bond acceptors (Lipinski definition) is 12. The Morgan fingerprint density at radius 2 is 1.84 bits per heavy atom. The molecule has 3 aromatic heterocycles. The number of nitrogens with one attached hydrogen (secondary N) is 1. The maximum absolute atomic E-state index is 14.9. The first-order chi connectivity index (χ1) is 21.0. The molecule has 2 aromatic carbocycles. The molecule has 1 amide bonds. The lowest BCUT2D eigenvalue weighted by Gasteiger charge is -2.16. The highest BCUT2D eigenvalue weighted by Crippen LogP contribution is 2.37. The van der Waals surface area contributed by atoms with Crippen LogP contribution in [0.2, 0.25) is 0 Å². The second-order valence-electron chi connectivity index (χ2n) is 10.7. The quantitative estimate of drug-likeness (QED) is 0.186. The van der Waals surface area contributed by atoms with Crippen LogP contribution in [0.25, 0.3) is 31.8 Å². The van der Waals surface area contributed by atoms with Gasteiger partial charge in [-0.3, -0.25) is 5.32 Å². The van der Waals surface area contributed by atoms with Crippen LogP contribution in [-0.2, 0) is 4.74 Å². The van der Waals surface area contributed by atoms with Gasteiger partial charge in [-0.15, -0.1) is 11.3 Å². The van der Waals surface area contributed by atoms with Gasteiger partial charge in [-0.25, -0.2) is 34.1 Å². The minimum absolute atomic E-state index is 0.00996. The number of anilines is 1. The fourth-order valence-electron chi connectivity index (χ4n) is 4.08. The Morgan fingerprint density at radius 3 is 2.57 bits per heavy atom. The molecule has 0 fully saturated rings. The number of halogens is 1. The molecule has 14 heteroatoms. The zero-order chi connectivity index (χ0) is 31.4. The minimum Gasteiger partial charge on any atom is -0.487 e. The zero-order valence-electron chi connectivity index (χ0n) is 24.8. The van der Waals surface area contributed by atoms with Gasteiger partial charge in [0.2, 0.25) is 5.88 Å². The summed E-state index contributed by atoms with van der Waals surface area (Å²) in [6, 6.07) is 6.89. The van der Waals surface area contributed by atoms with Crippen molar-refractivity contribution < 1.29 is 33.2 Å². The number of benzene rings is 2. The number of fused-ring (bicyclic) bond motifs is 2. The van der Waals surface area contributed by atoms with Crippen LogP contribution < -0.4 is 19.5 Å². The van der Waals surface area contributed by atoms with E-state index in [4.69, 9.17) is 18.9 Å². The van der Waals surface area contributed by atoms with Gasteiger partial charge < -0.3 is 24.1 Å². The van der Waals surface area contributed by atoms with E-state index in [1.165, 1.54) is 36.9 Å². The number of aromatic nitrogens is 5. The van der Waals surface area contributed by atoms with Gasteiger partial charge in [0.05, 0.1) is 64.8 Å². The molecule has 44 heavy (non-hydrogen) atoms. The fraction of sp³-hybridized carbons (Fsp3) is 0.333. The number of amides is 1. The first kappa shape index (κ1) is 30.8. The molecule has 0 unspecified atom stereocenters. The van der Waals surface area contributed by atoms with E-state index in [2.05, 4.69) is 30.2 Å². The van der Waals surface area contributed by atoms with Crippen molar-refractivity contribution in [2.45, 2.75) is 45.8 Å². The van der Waals surface area contributed by atoms with Crippen LogP contribution >= 0.6 is 11.3 Å². The largest absolute Gasteiger partial charge is 0.487 e. The van der Waals surface area contributed by atoms with Crippen LogP contribution in [0, 0.1) is 12.7 Å². The summed E-state index contributed by atoms with van der Waals surface area (Å²) < 4.78 is 37.2. The Morgan fingerprint density at radius 1 is 1.07 bits per heavy atom. The summed E-state index contributed by atoms with van der Waals surface area (Å²) in [6.07, 6.45) is 3.22. The number of ether oxygens (including phenoxy) is 4. The number of carbonyl (C=O) groups is 1. The van der Waals surface area contributed by atoms with Crippen molar-refractivity contribution in [3.8, 4) is 28.2 Å². The maximum Gasteiger partial charge on any atom is 0.412 e. The predicted molar refractivity (Wildman–Crippen MR) is 163 cm³/mol. The fourth-order valence-corrected chi connectivity index (χ4v) is 5.08. The van der Waals surface area contributed by atoms with Crippen LogP contribution in [0.1, 0.15) is 32.8 Å². The maximum atomic E-state index is 14.9. The van der Waals surface area contributed by atoms with Gasteiger partial charge in [-0.1, -0.05) is 0 Å². The molecule has 0 aliphatic heterocycles. The van der Waals surface area contributed by atoms with Crippen molar-refractivity contribution in [1.29, 1.82) is 0 Å². The van der Waals surface area contributed by atoms with Gasteiger partial charge in [-0.2, -0.15) is 0 Å². The Balaban J connectivity index is 1.20. The highest BCUT2D eigenvalue weighted by molar-refractivity contribution is 7.21. The summed E-state index contributed by atoms with van der Waals surface area (Å²) in [5.74, 6) is -0.173. The molecule has 0 aliphatic rings. The summed E-state index contributed by atoms with van der Waals surface area (Å²) in [6.45, 7) is 7.07. The number of nitrogens with zero attached hydrogens (tertiary/aromatic N) is 5. The lowest BCUT2D eigenvalue weighted by atomic mass is 10.1. The van der Waals surface area contributed by atoms with Gasteiger partial charge in [-0.05, 0) is 45.4 Å². The third kappa shape index (κ3) is 7.63. The second kappa shape index (κ2) is 12.9. The third-order valence-corrected chi connectivity index (χ3v) is 7.30. The topological polar surface area (TPSA) is 151 Å². The molecule has 0 saturated carbocycles. The second-order valence-corrected chi connectivity index (χ2v) is 11.7. The summed E-state index contributed by atoms with van der Waals surface area (Å²) in [5.41, 5.74) is 2.99. The van der Waals surface area contributed by atoms with Crippen LogP contribution in [-0.4, -0.2) is 68.1 Å². The van der Waals surface area contributed by atoms with Crippen molar-refractivity contribution >= 4 is 44.4 Å². The number of aliphatic hydroxyl groups is 1. The standard InChI is InChI=1S/C30H31FN6O6S/c1-16-8-19(26-22(9-16)36-25(40-5)14-32-26)27-37-21-10-20(31)23(11-24(21)44-27)42-15-17(2)43-29(38)35-18-12-33-28(34-13-18)41-7-6-30(3,4)39/h8-14,17,39H,6-7,15H2,1-5H3,(H,35,38)/t17-/m1/s1. The lowest BCUT2D eigenvalue weighted by molar-refractivity contribution is 0.0539. The summed E-state index contributed by atoms with van der Waals surface area (Å²) >= 11 is 1.37. The lowest BCUT2D eigenvalue weighted by Crippen LogP contribution is -2.25.